The molecule has 0 saturated carbocycles. The van der Waals surface area contributed by atoms with Crippen LogP contribution in [-0.2, 0) is 86.4 Å². The molecular formula is C34H29FN6O20. The van der Waals surface area contributed by atoms with Crippen LogP contribution in [0.5, 0.6) is 0 Å². The number of aliphatic carboxylic acids is 2. The van der Waals surface area contributed by atoms with Crippen molar-refractivity contribution in [1.82, 2.24) is 29.7 Å². The Morgan fingerprint density at radius 2 is 0.656 bits per heavy atom. The Morgan fingerprint density at radius 1 is 0.475 bits per heavy atom. The van der Waals surface area contributed by atoms with Crippen LogP contribution in [0, 0.1) is 0 Å². The molecule has 0 bridgehead atoms. The molecule has 0 aromatic carbocycles. The Bertz CT molecular complexity index is 1980. The molecule has 6 heterocycles. The Morgan fingerprint density at radius 3 is 0.836 bits per heavy atom. The third-order valence-electron chi connectivity index (χ3n) is 8.45. The highest BCUT2D eigenvalue weighted by molar-refractivity contribution is 6.20. The SMILES string of the molecule is C.O=C(O)C(C(C(=O)O)N1C(=O)C=CC1=O)N1C(=O)C=CC1=O.O=C(ON1C(=O)CCC1=O)C(C(C(=O)ON1C(=O)CCC1=O)N1C(=O)C=CC1=O)N1C(=O)C=CC1=O.[2H]CF. The molecule has 0 aliphatic carbocycles. The van der Waals surface area contributed by atoms with E-state index in [1.165, 1.54) is 0 Å². The number of hydrogen-bond acceptors (Lipinski definition) is 18. The molecule has 4 unspecified atom stereocenters. The van der Waals surface area contributed by atoms with E-state index in [-0.39, 0.29) is 62.8 Å². The van der Waals surface area contributed by atoms with Gasteiger partial charge in [-0.05, 0) is 0 Å². The van der Waals surface area contributed by atoms with Crippen LogP contribution in [0.25, 0.3) is 0 Å². The molecule has 0 aromatic heterocycles. The number of alkyl halides is 1. The average molecular weight is 862 g/mol. The second-order valence-electron chi connectivity index (χ2n) is 12.0. The number of hydrogen-bond donors (Lipinski definition) is 2. The number of halogens is 1. The molecule has 2 saturated heterocycles. The zero-order chi connectivity index (χ0) is 45.6. The van der Waals surface area contributed by atoms with E-state index in [4.69, 9.17) is 11.0 Å². The third kappa shape index (κ3) is 9.18. The highest BCUT2D eigenvalue weighted by atomic mass is 19.1. The number of imide groups is 6. The number of nitrogens with zero attached hydrogens (tertiary/aromatic N) is 6. The van der Waals surface area contributed by atoms with Crippen molar-refractivity contribution in [2.75, 3.05) is 7.15 Å². The lowest BCUT2D eigenvalue weighted by Gasteiger charge is -2.34. The maximum atomic E-state index is 13.2. The molecule has 322 valence electrons. The van der Waals surface area contributed by atoms with Gasteiger partial charge in [0, 0.05) is 74.3 Å². The lowest BCUT2D eigenvalue weighted by atomic mass is 10.0. The van der Waals surface area contributed by atoms with E-state index in [2.05, 4.69) is 0 Å². The summed E-state index contributed by atoms with van der Waals surface area (Å²) in [6.45, 7) is 0. The second kappa shape index (κ2) is 18.9. The van der Waals surface area contributed by atoms with Crippen molar-refractivity contribution in [2.24, 2.45) is 0 Å². The summed E-state index contributed by atoms with van der Waals surface area (Å²) >= 11 is 0. The van der Waals surface area contributed by atoms with Crippen LogP contribution in [0.15, 0.2) is 48.6 Å². The molecule has 2 fully saturated rings. The van der Waals surface area contributed by atoms with Crippen LogP contribution in [0.1, 0.15) is 34.5 Å². The van der Waals surface area contributed by atoms with Crippen LogP contribution < -0.4 is 0 Å². The molecule has 61 heavy (non-hydrogen) atoms. The number of amides is 12. The molecule has 0 radical (unpaired) electrons. The smallest absolute Gasteiger partial charge is 0.358 e. The summed E-state index contributed by atoms with van der Waals surface area (Å²) in [7, 11) is -1.00. The summed E-state index contributed by atoms with van der Waals surface area (Å²) in [5.74, 6) is -19.9. The van der Waals surface area contributed by atoms with E-state index in [1.807, 2.05) is 0 Å². The van der Waals surface area contributed by atoms with E-state index in [0.717, 1.165) is 24.3 Å². The third-order valence-corrected chi connectivity index (χ3v) is 8.45. The van der Waals surface area contributed by atoms with E-state index in [9.17, 15) is 91.3 Å². The van der Waals surface area contributed by atoms with Crippen LogP contribution in [0.2, 0.25) is 0 Å². The number of rotatable bonds is 12. The molecule has 2 N–H and O–H groups in total. The standard InChI is InChI=1S/C20H14N4O12.C12H8N2O8.CH3F.CH4/c25-9-1-2-10(26)21(9)17(19(33)35-23-13(29)5-6-14(23)30)18(22-11(27)3-4-12(22)28)20(34)36-24-15(31)7-8-16(24)32;15-5-1-2-6(16)13(5)9(11(19)20)10(12(21)22)14-7(17)3-4-8(14)18;1-2;/h1-4,17-18H,5-8H2;1-4,9-10H,(H,19,20)(H,21,22);1H3;1H4/i;;1D;. The minimum atomic E-state index is -2.48. The molecule has 6 aliphatic heterocycles. The predicted octanol–water partition coefficient (Wildman–Crippen LogP) is -4.25. The lowest BCUT2D eigenvalue weighted by Crippen LogP contribution is -2.63. The summed E-state index contributed by atoms with van der Waals surface area (Å²) in [5.41, 5.74) is 0. The zero-order valence-corrected chi connectivity index (χ0v) is 29.8. The number of carboxylic acid groups (broad SMARTS) is 2. The number of hydroxylamine groups is 4. The highest BCUT2D eigenvalue weighted by Crippen LogP contribution is 2.26. The fourth-order valence-electron chi connectivity index (χ4n) is 5.87. The Balaban J connectivity index is 0.000000337. The van der Waals surface area contributed by atoms with Crippen molar-refractivity contribution < 1.29 is 102 Å². The van der Waals surface area contributed by atoms with E-state index in [1.54, 1.807) is 0 Å². The van der Waals surface area contributed by atoms with Crippen molar-refractivity contribution in [3.8, 4) is 0 Å². The van der Waals surface area contributed by atoms with Gasteiger partial charge in [-0.2, -0.15) is 0 Å². The van der Waals surface area contributed by atoms with Gasteiger partial charge in [-0.1, -0.05) is 7.43 Å². The zero-order valence-electron chi connectivity index (χ0n) is 30.8. The summed E-state index contributed by atoms with van der Waals surface area (Å²) in [6, 6.07) is -9.43. The molecule has 0 spiro atoms. The summed E-state index contributed by atoms with van der Waals surface area (Å²) < 4.78 is 15.5. The van der Waals surface area contributed by atoms with Crippen molar-refractivity contribution in [2.45, 2.75) is 57.3 Å². The van der Waals surface area contributed by atoms with Crippen molar-refractivity contribution in [3.63, 3.8) is 0 Å². The van der Waals surface area contributed by atoms with Crippen molar-refractivity contribution >= 4 is 94.8 Å². The maximum Gasteiger partial charge on any atom is 0.358 e. The summed E-state index contributed by atoms with van der Waals surface area (Å²) in [4.78, 5) is 203. The van der Waals surface area contributed by atoms with Gasteiger partial charge in [0.1, 0.15) is 0 Å². The van der Waals surface area contributed by atoms with E-state index < -0.39 is 126 Å². The molecule has 12 amide bonds. The minimum Gasteiger partial charge on any atom is -0.480 e. The van der Waals surface area contributed by atoms with E-state index >= 15 is 0 Å². The van der Waals surface area contributed by atoms with Crippen LogP contribution in [0.3, 0.4) is 0 Å². The molecular weight excluding hydrogens is 831 g/mol. The first-order valence-corrected chi connectivity index (χ1v) is 16.3. The predicted molar refractivity (Wildman–Crippen MR) is 183 cm³/mol. The van der Waals surface area contributed by atoms with Crippen LogP contribution in [0.4, 0.5) is 4.39 Å². The molecule has 26 nitrogen and oxygen atoms in total. The minimum absolute atomic E-state index is 0. The van der Waals surface area contributed by atoms with Gasteiger partial charge in [-0.15, -0.1) is 10.1 Å². The molecule has 4 atom stereocenters. The topological polar surface area (TPSA) is 351 Å². The first-order valence-electron chi connectivity index (χ1n) is 17.1. The summed E-state index contributed by atoms with van der Waals surface area (Å²) in [6.07, 6.45) is 4.60. The largest absolute Gasteiger partial charge is 0.480 e. The van der Waals surface area contributed by atoms with E-state index in [0.29, 0.717) is 24.3 Å². The number of carbonyl (C=O) groups excluding carboxylic acids is 14. The van der Waals surface area contributed by atoms with Crippen LogP contribution in [-0.4, -0.2) is 166 Å². The first kappa shape index (κ1) is 45.3. The Labute approximate surface area is 339 Å². The van der Waals surface area contributed by atoms with Gasteiger partial charge in [0.2, 0.25) is 0 Å². The molecule has 6 aliphatic rings. The van der Waals surface area contributed by atoms with Gasteiger partial charge < -0.3 is 19.9 Å². The monoisotopic (exact) mass is 861 g/mol. The Hall–Kier alpha value is -8.39. The fourth-order valence-corrected chi connectivity index (χ4v) is 5.87. The lowest BCUT2D eigenvalue weighted by molar-refractivity contribution is -0.210. The molecule has 27 heteroatoms. The van der Waals surface area contributed by atoms with Gasteiger partial charge in [0.05, 0.1) is 8.52 Å². The first-order chi connectivity index (χ1) is 28.7. The van der Waals surface area contributed by atoms with Gasteiger partial charge in [-0.3, -0.25) is 81.5 Å². The van der Waals surface area contributed by atoms with Crippen molar-refractivity contribution in [3.05, 3.63) is 48.6 Å². The van der Waals surface area contributed by atoms with Gasteiger partial charge in [0.25, 0.3) is 70.9 Å². The van der Waals surface area contributed by atoms with Crippen molar-refractivity contribution in [1.29, 1.82) is 0 Å². The fraction of sp³-hybridized carbons (Fsp3) is 0.294. The average Bonchev–Trinajstić information content (AvgIpc) is 4.03. The van der Waals surface area contributed by atoms with Gasteiger partial charge in [0.15, 0.2) is 24.2 Å². The highest BCUT2D eigenvalue weighted by Gasteiger charge is 2.55. The summed E-state index contributed by atoms with van der Waals surface area (Å²) in [5, 5.41) is 18.5. The number of carbonyl (C=O) groups is 16. The second-order valence-corrected chi connectivity index (χ2v) is 12.0. The number of carboxylic acids is 2. The normalized spacial score (nSPS) is 20.2. The quantitative estimate of drug-likeness (QED) is 0.175. The van der Waals surface area contributed by atoms with Crippen LogP contribution >= 0.6 is 0 Å². The molecule has 0 aromatic rings. The maximum absolute atomic E-state index is 13.2. The molecule has 6 rings (SSSR count). The Kier molecular flexibility index (Phi) is 14.0. The van der Waals surface area contributed by atoms with Gasteiger partial charge >= 0.3 is 23.9 Å². The van der Waals surface area contributed by atoms with Gasteiger partial charge in [-0.25, -0.2) is 19.2 Å².